The van der Waals surface area contributed by atoms with Gasteiger partial charge in [-0.15, -0.1) is 0 Å². The standard InChI is InChI=1S/C27H23NO5/c1-3-16-32-20-12-8-17(9-13-20)24-23-25(29)21-6-4-5-7-22(21)33-26(23)27(30)28(24)18-10-14-19(31-2)15-11-18/h4-15,24H,3,16H2,1-2H3. The van der Waals surface area contributed by atoms with Crippen LogP contribution in [0.15, 0.2) is 82.0 Å². The Kier molecular flexibility index (Phi) is 5.34. The zero-order chi connectivity index (χ0) is 22.9. The summed E-state index contributed by atoms with van der Waals surface area (Å²) < 4.78 is 17.0. The first-order chi connectivity index (χ1) is 16.1. The van der Waals surface area contributed by atoms with Crippen LogP contribution in [0.25, 0.3) is 11.0 Å². The number of hydrogen-bond acceptors (Lipinski definition) is 5. The summed E-state index contributed by atoms with van der Waals surface area (Å²) in [6.45, 7) is 2.67. The van der Waals surface area contributed by atoms with Crippen LogP contribution in [0.4, 0.5) is 5.69 Å². The summed E-state index contributed by atoms with van der Waals surface area (Å²) >= 11 is 0. The average Bonchev–Trinajstić information content (AvgIpc) is 3.15. The number of hydrogen-bond donors (Lipinski definition) is 0. The molecule has 166 valence electrons. The Labute approximate surface area is 191 Å². The number of para-hydroxylation sites is 1. The minimum absolute atomic E-state index is 0.0748. The zero-order valence-electron chi connectivity index (χ0n) is 18.4. The summed E-state index contributed by atoms with van der Waals surface area (Å²) in [5.41, 5.74) is 1.98. The van der Waals surface area contributed by atoms with E-state index in [0.29, 0.717) is 34.6 Å². The molecule has 6 nitrogen and oxygen atoms in total. The van der Waals surface area contributed by atoms with E-state index in [0.717, 1.165) is 17.7 Å². The van der Waals surface area contributed by atoms with E-state index in [1.54, 1.807) is 60.5 Å². The van der Waals surface area contributed by atoms with Gasteiger partial charge in [-0.25, -0.2) is 0 Å². The molecule has 1 atom stereocenters. The zero-order valence-corrected chi connectivity index (χ0v) is 18.4. The molecule has 0 N–H and O–H groups in total. The van der Waals surface area contributed by atoms with E-state index in [4.69, 9.17) is 13.9 Å². The quantitative estimate of drug-likeness (QED) is 0.404. The van der Waals surface area contributed by atoms with Crippen LogP contribution >= 0.6 is 0 Å². The fourth-order valence-electron chi connectivity index (χ4n) is 4.21. The summed E-state index contributed by atoms with van der Waals surface area (Å²) in [7, 11) is 1.59. The molecule has 33 heavy (non-hydrogen) atoms. The van der Waals surface area contributed by atoms with Crippen molar-refractivity contribution in [3.05, 3.63) is 99.9 Å². The number of fused-ring (bicyclic) bond motifs is 2. The van der Waals surface area contributed by atoms with Gasteiger partial charge in [0.2, 0.25) is 5.76 Å². The van der Waals surface area contributed by atoms with Crippen molar-refractivity contribution in [3.63, 3.8) is 0 Å². The Hall–Kier alpha value is -4.06. The molecule has 4 aromatic rings. The van der Waals surface area contributed by atoms with E-state index < -0.39 is 6.04 Å². The molecule has 0 saturated heterocycles. The predicted octanol–water partition coefficient (Wildman–Crippen LogP) is 5.34. The number of rotatable bonds is 6. The number of carbonyl (C=O) groups excluding carboxylic acids is 1. The summed E-state index contributed by atoms with van der Waals surface area (Å²) in [5.74, 6) is 1.14. The van der Waals surface area contributed by atoms with E-state index in [2.05, 4.69) is 0 Å². The maximum atomic E-state index is 13.6. The van der Waals surface area contributed by atoms with Gasteiger partial charge in [0, 0.05) is 5.69 Å². The third-order valence-electron chi connectivity index (χ3n) is 5.80. The molecule has 1 aliphatic rings. The molecule has 0 saturated carbocycles. The van der Waals surface area contributed by atoms with E-state index >= 15 is 0 Å². The van der Waals surface area contributed by atoms with Gasteiger partial charge in [0.1, 0.15) is 17.1 Å². The minimum atomic E-state index is -0.623. The fourth-order valence-corrected chi connectivity index (χ4v) is 4.21. The summed E-state index contributed by atoms with van der Waals surface area (Å²) in [6.07, 6.45) is 0.908. The molecule has 1 aromatic heterocycles. The lowest BCUT2D eigenvalue weighted by molar-refractivity contribution is 0.0971. The van der Waals surface area contributed by atoms with Crippen molar-refractivity contribution < 1.29 is 18.7 Å². The highest BCUT2D eigenvalue weighted by atomic mass is 16.5. The number of benzene rings is 3. The van der Waals surface area contributed by atoms with Gasteiger partial charge in [0.05, 0.1) is 30.7 Å². The number of carbonyl (C=O) groups is 1. The van der Waals surface area contributed by atoms with Gasteiger partial charge in [-0.05, 0) is 60.5 Å². The van der Waals surface area contributed by atoms with Gasteiger partial charge in [-0.1, -0.05) is 31.2 Å². The van der Waals surface area contributed by atoms with Crippen LogP contribution in [0.5, 0.6) is 11.5 Å². The van der Waals surface area contributed by atoms with Gasteiger partial charge < -0.3 is 13.9 Å². The first kappa shape index (κ1) is 20.8. The third kappa shape index (κ3) is 3.53. The van der Waals surface area contributed by atoms with Gasteiger partial charge in [-0.2, -0.15) is 0 Å². The second kappa shape index (κ2) is 8.47. The average molecular weight is 441 g/mol. The van der Waals surface area contributed by atoms with Crippen LogP contribution in [0.2, 0.25) is 0 Å². The van der Waals surface area contributed by atoms with Gasteiger partial charge in [-0.3, -0.25) is 14.5 Å². The van der Waals surface area contributed by atoms with Gasteiger partial charge >= 0.3 is 0 Å². The Balaban J connectivity index is 1.69. The largest absolute Gasteiger partial charge is 0.497 e. The summed E-state index contributed by atoms with van der Waals surface area (Å²) in [4.78, 5) is 28.7. The van der Waals surface area contributed by atoms with Crippen LogP contribution in [-0.2, 0) is 0 Å². The molecule has 0 bridgehead atoms. The molecule has 1 unspecified atom stereocenters. The highest BCUT2D eigenvalue weighted by Crippen LogP contribution is 2.41. The molecule has 0 spiro atoms. The molecule has 0 radical (unpaired) electrons. The van der Waals surface area contributed by atoms with Crippen LogP contribution in [0.3, 0.4) is 0 Å². The monoisotopic (exact) mass is 441 g/mol. The van der Waals surface area contributed by atoms with Crippen molar-refractivity contribution >= 4 is 22.6 Å². The Morgan fingerprint density at radius 3 is 2.30 bits per heavy atom. The number of amides is 1. The molecule has 3 aromatic carbocycles. The topological polar surface area (TPSA) is 69.0 Å². The van der Waals surface area contributed by atoms with Crippen molar-refractivity contribution in [3.8, 4) is 11.5 Å². The Morgan fingerprint density at radius 1 is 0.909 bits per heavy atom. The SMILES string of the molecule is CCCOc1ccc(C2c3c(oc4ccccc4c3=O)C(=O)N2c2ccc(OC)cc2)cc1. The first-order valence-electron chi connectivity index (χ1n) is 10.9. The Bertz CT molecular complexity index is 1370. The van der Waals surface area contributed by atoms with E-state index in [1.165, 1.54) is 0 Å². The van der Waals surface area contributed by atoms with E-state index in [1.807, 2.05) is 31.2 Å². The fraction of sp³-hybridized carbons (Fsp3) is 0.185. The summed E-state index contributed by atoms with van der Waals surface area (Å²) in [5, 5.41) is 0.452. The van der Waals surface area contributed by atoms with Crippen LogP contribution in [0, 0.1) is 0 Å². The molecule has 1 amide bonds. The molecule has 5 rings (SSSR count). The predicted molar refractivity (Wildman–Crippen MR) is 126 cm³/mol. The van der Waals surface area contributed by atoms with Crippen molar-refractivity contribution in [2.75, 3.05) is 18.6 Å². The smallest absolute Gasteiger partial charge is 0.295 e. The van der Waals surface area contributed by atoms with Gasteiger partial charge in [0.15, 0.2) is 5.43 Å². The first-order valence-corrected chi connectivity index (χ1v) is 10.9. The second-order valence-corrected chi connectivity index (χ2v) is 7.86. The third-order valence-corrected chi connectivity index (χ3v) is 5.80. The van der Waals surface area contributed by atoms with Crippen molar-refractivity contribution in [2.24, 2.45) is 0 Å². The molecule has 1 aliphatic heterocycles. The number of anilines is 1. The highest BCUT2D eigenvalue weighted by Gasteiger charge is 2.43. The molecular formula is C27H23NO5. The lowest BCUT2D eigenvalue weighted by Gasteiger charge is -2.25. The second-order valence-electron chi connectivity index (χ2n) is 7.86. The lowest BCUT2D eigenvalue weighted by Crippen LogP contribution is -2.29. The van der Waals surface area contributed by atoms with Crippen LogP contribution < -0.4 is 19.8 Å². The van der Waals surface area contributed by atoms with Crippen molar-refractivity contribution in [1.29, 1.82) is 0 Å². The maximum absolute atomic E-state index is 13.6. The lowest BCUT2D eigenvalue weighted by atomic mass is 9.98. The Morgan fingerprint density at radius 2 is 1.61 bits per heavy atom. The molecular weight excluding hydrogens is 418 g/mol. The van der Waals surface area contributed by atoms with Gasteiger partial charge in [0.25, 0.3) is 5.91 Å². The van der Waals surface area contributed by atoms with E-state index in [-0.39, 0.29) is 17.1 Å². The van der Waals surface area contributed by atoms with Crippen LogP contribution in [0.1, 0.15) is 41.1 Å². The highest BCUT2D eigenvalue weighted by molar-refractivity contribution is 6.10. The summed E-state index contributed by atoms with van der Waals surface area (Å²) in [6, 6.07) is 21.1. The number of methoxy groups -OCH3 is 1. The number of ether oxygens (including phenoxy) is 2. The molecule has 0 aliphatic carbocycles. The normalized spacial score (nSPS) is 15.0. The molecule has 0 fully saturated rings. The minimum Gasteiger partial charge on any atom is -0.497 e. The molecule has 2 heterocycles. The van der Waals surface area contributed by atoms with E-state index in [9.17, 15) is 9.59 Å². The molecule has 6 heteroatoms. The number of nitrogens with zero attached hydrogens (tertiary/aromatic N) is 1. The van der Waals surface area contributed by atoms with Crippen molar-refractivity contribution in [2.45, 2.75) is 19.4 Å². The van der Waals surface area contributed by atoms with Crippen LogP contribution in [-0.4, -0.2) is 19.6 Å². The van der Waals surface area contributed by atoms with Crippen molar-refractivity contribution in [1.82, 2.24) is 0 Å². The maximum Gasteiger partial charge on any atom is 0.295 e.